The van der Waals surface area contributed by atoms with Gasteiger partial charge in [0.25, 0.3) is 0 Å². The van der Waals surface area contributed by atoms with Crippen molar-refractivity contribution in [2.24, 2.45) is 0 Å². The zero-order valence-corrected chi connectivity index (χ0v) is 26.2. The molecule has 268 valence electrons. The molecule has 17 heteroatoms. The summed E-state index contributed by atoms with van der Waals surface area (Å²) in [5.41, 5.74) is 0. The van der Waals surface area contributed by atoms with E-state index < -0.39 is 111 Å². The van der Waals surface area contributed by atoms with Crippen LogP contribution in [0.15, 0.2) is 42.5 Å². The van der Waals surface area contributed by atoms with Crippen molar-refractivity contribution in [3.05, 3.63) is 42.5 Å². The van der Waals surface area contributed by atoms with Gasteiger partial charge in [0.1, 0.15) is 72.8 Å². The first kappa shape index (κ1) is 36.7. The van der Waals surface area contributed by atoms with Crippen LogP contribution in [0.2, 0.25) is 0 Å². The summed E-state index contributed by atoms with van der Waals surface area (Å²) in [5.74, 6) is 0.188. The molecule has 3 aliphatic heterocycles. The lowest BCUT2D eigenvalue weighted by Gasteiger charge is -2.50. The Kier molecular flexibility index (Phi) is 12.2. The van der Waals surface area contributed by atoms with Gasteiger partial charge in [0.05, 0.1) is 19.3 Å². The van der Waals surface area contributed by atoms with Crippen molar-refractivity contribution in [2.75, 3.05) is 19.8 Å². The van der Waals surface area contributed by atoms with Crippen molar-refractivity contribution < 1.29 is 78.8 Å². The number of amides is 1. The number of benzene rings is 2. The van der Waals surface area contributed by atoms with E-state index in [1.807, 2.05) is 24.3 Å². The second kappa shape index (κ2) is 16.0. The normalized spacial score (nSPS) is 40.4. The molecule has 48 heavy (non-hydrogen) atoms. The number of aliphatic hydroxyl groups is 8. The van der Waals surface area contributed by atoms with Gasteiger partial charge in [-0.2, -0.15) is 0 Å². The minimum absolute atomic E-state index is 0.0518. The van der Waals surface area contributed by atoms with Gasteiger partial charge < -0.3 is 79.3 Å². The number of nitrogens with one attached hydrogen (secondary N) is 1. The lowest BCUT2D eigenvalue weighted by Crippen LogP contribution is -2.70. The van der Waals surface area contributed by atoms with Crippen molar-refractivity contribution in [1.82, 2.24) is 5.32 Å². The standard InChI is InChI=1S/C31H43NO16/c1-3-42-28-19(32-31(41)44-16-9-8-14-6-4-5-7-15(14)10-16)27(48-29-24(39)22(37)20(35)13(2)43-29)26(18(12-34)46-28)47-30-25(40)23(38)21(36)17(11-33)45-30/h4-10,13,17-30,33-40H,3,11-12H2,1-2H3,(H,32,41)/t13-,17-,18+,19-,20+,21-,22+,23-,24-,25+,26-,27-,28+,29-,30-/m0/s1. The molecule has 5 rings (SSSR count). The van der Waals surface area contributed by atoms with E-state index in [4.69, 9.17) is 33.2 Å². The maximum absolute atomic E-state index is 13.4. The number of aliphatic hydroxyl groups excluding tert-OH is 8. The van der Waals surface area contributed by atoms with Gasteiger partial charge in [-0.05, 0) is 36.8 Å². The highest BCUT2D eigenvalue weighted by Crippen LogP contribution is 2.34. The first-order valence-electron chi connectivity index (χ1n) is 15.6. The van der Waals surface area contributed by atoms with Crippen LogP contribution >= 0.6 is 0 Å². The molecular formula is C31H43NO16. The van der Waals surface area contributed by atoms with Gasteiger partial charge in [0.2, 0.25) is 0 Å². The fraction of sp³-hybridized carbons (Fsp3) is 0.645. The Balaban J connectivity index is 1.47. The zero-order chi connectivity index (χ0) is 34.7. The van der Waals surface area contributed by atoms with Crippen molar-refractivity contribution in [1.29, 1.82) is 0 Å². The molecule has 0 spiro atoms. The summed E-state index contributed by atoms with van der Waals surface area (Å²) in [6, 6.07) is 11.0. The van der Waals surface area contributed by atoms with Crippen molar-refractivity contribution >= 4 is 16.9 Å². The third-order valence-electron chi connectivity index (χ3n) is 8.61. The molecule has 15 atom stereocenters. The van der Waals surface area contributed by atoms with Crippen molar-refractivity contribution in [2.45, 2.75) is 106 Å². The minimum Gasteiger partial charge on any atom is -0.410 e. The predicted octanol–water partition coefficient (Wildman–Crippen LogP) is -2.55. The molecule has 0 aromatic heterocycles. The molecular weight excluding hydrogens is 642 g/mol. The summed E-state index contributed by atoms with van der Waals surface area (Å²) in [6.45, 7) is 1.62. The van der Waals surface area contributed by atoms with E-state index in [-0.39, 0.29) is 12.4 Å². The van der Waals surface area contributed by atoms with Crippen LogP contribution in [-0.2, 0) is 28.4 Å². The third kappa shape index (κ3) is 7.74. The Labute approximate surface area is 275 Å². The number of rotatable bonds is 10. The summed E-state index contributed by atoms with van der Waals surface area (Å²) in [7, 11) is 0. The van der Waals surface area contributed by atoms with Gasteiger partial charge in [0.15, 0.2) is 18.9 Å². The molecule has 9 N–H and O–H groups in total. The SMILES string of the molecule is CCO[C@@H]1O[C@H](CO)[C@H](O[C@@H]2O[C@@H](CO)[C@H](O)[C@H](O)[C@H]2O)[C@@H](O[C@@H]2O[C@@H](C)[C@@H](O)[C@@H](O)[C@@H]2O)[C@@H]1NC(=O)Oc1ccc2ccccc2c1. The van der Waals surface area contributed by atoms with E-state index >= 15 is 0 Å². The number of fused-ring (bicyclic) bond motifs is 1. The summed E-state index contributed by atoms with van der Waals surface area (Å²) in [6.07, 6.45) is -22.9. The Hall–Kier alpha value is -2.59. The number of hydrogen-bond acceptors (Lipinski definition) is 16. The van der Waals surface area contributed by atoms with Crippen molar-refractivity contribution in [3.8, 4) is 5.75 Å². The Morgan fingerprint density at radius 2 is 1.33 bits per heavy atom. The van der Waals surface area contributed by atoms with E-state index in [1.54, 1.807) is 25.1 Å². The van der Waals surface area contributed by atoms with Gasteiger partial charge in [0, 0.05) is 6.61 Å². The second-order valence-corrected chi connectivity index (χ2v) is 11.8. The molecule has 0 radical (unpaired) electrons. The van der Waals surface area contributed by atoms with Crippen LogP contribution < -0.4 is 10.1 Å². The molecule has 2 aromatic carbocycles. The molecule has 0 unspecified atom stereocenters. The predicted molar refractivity (Wildman–Crippen MR) is 160 cm³/mol. The van der Waals surface area contributed by atoms with E-state index in [0.717, 1.165) is 10.8 Å². The van der Waals surface area contributed by atoms with Crippen LogP contribution in [-0.4, -0.2) is 159 Å². The van der Waals surface area contributed by atoms with Crippen LogP contribution in [0, 0.1) is 0 Å². The zero-order valence-electron chi connectivity index (χ0n) is 26.2. The third-order valence-corrected chi connectivity index (χ3v) is 8.61. The fourth-order valence-electron chi connectivity index (χ4n) is 5.96. The minimum atomic E-state index is -1.87. The highest BCUT2D eigenvalue weighted by atomic mass is 16.8. The first-order valence-corrected chi connectivity index (χ1v) is 15.6. The highest BCUT2D eigenvalue weighted by molar-refractivity contribution is 5.84. The summed E-state index contributed by atoms with van der Waals surface area (Å²) < 4.78 is 40.6. The molecule has 3 heterocycles. The molecule has 17 nitrogen and oxygen atoms in total. The van der Waals surface area contributed by atoms with Crippen molar-refractivity contribution in [3.63, 3.8) is 0 Å². The van der Waals surface area contributed by atoms with Crippen LogP contribution in [0.3, 0.4) is 0 Å². The van der Waals surface area contributed by atoms with Crippen LogP contribution in [0.25, 0.3) is 10.8 Å². The van der Waals surface area contributed by atoms with E-state index in [2.05, 4.69) is 5.32 Å². The quantitative estimate of drug-likeness (QED) is 0.125. The van der Waals surface area contributed by atoms with E-state index in [0.29, 0.717) is 0 Å². The summed E-state index contributed by atoms with van der Waals surface area (Å²) in [4.78, 5) is 13.4. The number of carbonyl (C=O) groups excluding carboxylic acids is 1. The molecule has 0 saturated carbocycles. The molecule has 3 fully saturated rings. The van der Waals surface area contributed by atoms with E-state index in [1.165, 1.54) is 6.92 Å². The largest absolute Gasteiger partial charge is 0.413 e. The fourth-order valence-corrected chi connectivity index (χ4v) is 5.96. The average molecular weight is 686 g/mol. The van der Waals surface area contributed by atoms with Crippen LogP contribution in [0.5, 0.6) is 5.75 Å². The van der Waals surface area contributed by atoms with Gasteiger partial charge >= 0.3 is 6.09 Å². The lowest BCUT2D eigenvalue weighted by atomic mass is 9.94. The lowest BCUT2D eigenvalue weighted by molar-refractivity contribution is -0.373. The van der Waals surface area contributed by atoms with Gasteiger partial charge in [-0.15, -0.1) is 0 Å². The molecule has 0 bridgehead atoms. The maximum atomic E-state index is 13.4. The first-order chi connectivity index (χ1) is 23.0. The topological polar surface area (TPSA) is 256 Å². The summed E-state index contributed by atoms with van der Waals surface area (Å²) in [5, 5.41) is 87.2. The van der Waals surface area contributed by atoms with E-state index in [9.17, 15) is 45.6 Å². The van der Waals surface area contributed by atoms with Gasteiger partial charge in [-0.1, -0.05) is 30.3 Å². The van der Waals surface area contributed by atoms with Gasteiger partial charge in [-0.25, -0.2) is 4.79 Å². The molecule has 3 saturated heterocycles. The number of carbonyl (C=O) groups is 1. The second-order valence-electron chi connectivity index (χ2n) is 11.8. The Morgan fingerprint density at radius 3 is 2.00 bits per heavy atom. The Bertz CT molecular complexity index is 1350. The number of ether oxygens (including phenoxy) is 7. The van der Waals surface area contributed by atoms with Gasteiger partial charge in [-0.3, -0.25) is 0 Å². The summed E-state index contributed by atoms with van der Waals surface area (Å²) >= 11 is 0. The maximum Gasteiger partial charge on any atom is 0.413 e. The Morgan fingerprint density at radius 1 is 0.729 bits per heavy atom. The molecule has 1 amide bonds. The monoisotopic (exact) mass is 685 g/mol. The highest BCUT2D eigenvalue weighted by Gasteiger charge is 2.55. The van der Waals surface area contributed by atoms with Crippen LogP contribution in [0.1, 0.15) is 13.8 Å². The average Bonchev–Trinajstić information content (AvgIpc) is 3.08. The van der Waals surface area contributed by atoms with Crippen LogP contribution in [0.4, 0.5) is 4.79 Å². The molecule has 0 aliphatic carbocycles. The molecule has 2 aromatic rings. The molecule has 3 aliphatic rings. The smallest absolute Gasteiger partial charge is 0.410 e. The number of hydrogen-bond donors (Lipinski definition) is 9.